The molecule has 0 saturated heterocycles. The van der Waals surface area contributed by atoms with Gasteiger partial charge in [-0.15, -0.1) is 0 Å². The Bertz CT molecular complexity index is 602. The predicted octanol–water partition coefficient (Wildman–Crippen LogP) is 2.18. The number of nitrogens with two attached hydrogens (primary N) is 1. The molecule has 3 N–H and O–H groups in total. The lowest BCUT2D eigenvalue weighted by Gasteiger charge is -2.41. The van der Waals surface area contributed by atoms with E-state index in [-0.39, 0.29) is 15.3 Å². The van der Waals surface area contributed by atoms with Crippen LogP contribution in [0.15, 0.2) is 29.2 Å². The third kappa shape index (κ3) is 3.02. The fourth-order valence-corrected chi connectivity index (χ4v) is 4.18. The lowest BCUT2D eigenvalue weighted by molar-refractivity contribution is 0.133. The molecule has 20 heavy (non-hydrogen) atoms. The summed E-state index contributed by atoms with van der Waals surface area (Å²) in [5.74, 6) is 0. The first kappa shape index (κ1) is 15.4. The van der Waals surface area contributed by atoms with E-state index in [0.29, 0.717) is 12.1 Å². The minimum atomic E-state index is -3.57. The van der Waals surface area contributed by atoms with Crippen molar-refractivity contribution >= 4 is 27.2 Å². The topological polar surface area (TPSA) is 72.2 Å². The Kier molecular flexibility index (Phi) is 4.46. The minimum Gasteiger partial charge on any atom is -0.389 e. The fraction of sp³-hybridized carbons (Fsp3) is 0.500. The normalized spacial score (nSPS) is 17.4. The average molecular weight is 312 g/mol. The van der Waals surface area contributed by atoms with Crippen LogP contribution in [0.3, 0.4) is 0 Å². The van der Waals surface area contributed by atoms with E-state index in [0.717, 1.165) is 19.3 Å². The number of rotatable bonds is 6. The van der Waals surface area contributed by atoms with Crippen molar-refractivity contribution in [1.82, 2.24) is 4.72 Å². The molecule has 0 heterocycles. The van der Waals surface area contributed by atoms with Gasteiger partial charge in [0.1, 0.15) is 4.99 Å². The van der Waals surface area contributed by atoms with E-state index in [1.807, 2.05) is 0 Å². The first-order valence-electron chi connectivity index (χ1n) is 6.79. The molecule has 0 spiro atoms. The van der Waals surface area contributed by atoms with Gasteiger partial charge in [0.25, 0.3) is 0 Å². The van der Waals surface area contributed by atoms with Gasteiger partial charge < -0.3 is 5.73 Å². The summed E-state index contributed by atoms with van der Waals surface area (Å²) >= 11 is 4.92. The highest BCUT2D eigenvalue weighted by atomic mass is 32.2. The maximum Gasteiger partial charge on any atom is 0.241 e. The summed E-state index contributed by atoms with van der Waals surface area (Å²) in [7, 11) is -3.57. The molecule has 1 aliphatic carbocycles. The van der Waals surface area contributed by atoms with Gasteiger partial charge in [0.2, 0.25) is 10.0 Å². The zero-order chi connectivity index (χ0) is 14.8. The fourth-order valence-electron chi connectivity index (χ4n) is 2.56. The number of thiocarbonyl (C=S) groups is 1. The standard InChI is InChI=1S/C14H20N2O2S2/c1-2-14(8-5-9-14)10-16-20(17,18)12-7-4-3-6-11(12)13(15)19/h3-4,6-7,16H,2,5,8-10H2,1H3,(H2,15,19). The molecule has 6 heteroatoms. The van der Waals surface area contributed by atoms with Crippen LogP contribution >= 0.6 is 12.2 Å². The average Bonchev–Trinajstić information content (AvgIpc) is 2.38. The molecule has 1 aliphatic rings. The molecule has 0 amide bonds. The zero-order valence-corrected chi connectivity index (χ0v) is 13.2. The zero-order valence-electron chi connectivity index (χ0n) is 11.6. The first-order chi connectivity index (χ1) is 9.40. The van der Waals surface area contributed by atoms with E-state index < -0.39 is 10.0 Å². The van der Waals surface area contributed by atoms with E-state index in [1.54, 1.807) is 18.2 Å². The molecule has 1 aromatic carbocycles. The molecule has 0 aromatic heterocycles. The van der Waals surface area contributed by atoms with Crippen molar-refractivity contribution in [3.63, 3.8) is 0 Å². The summed E-state index contributed by atoms with van der Waals surface area (Å²) in [4.78, 5) is 0.262. The van der Waals surface area contributed by atoms with Crippen LogP contribution in [0.2, 0.25) is 0 Å². The third-order valence-corrected chi connectivity index (χ3v) is 5.92. The Morgan fingerprint density at radius 2 is 2.05 bits per heavy atom. The highest BCUT2D eigenvalue weighted by Gasteiger charge is 2.36. The molecule has 2 rings (SSSR count). The predicted molar refractivity (Wildman–Crippen MR) is 84.1 cm³/mol. The molecular formula is C14H20N2O2S2. The van der Waals surface area contributed by atoms with Crippen molar-refractivity contribution in [3.05, 3.63) is 29.8 Å². The van der Waals surface area contributed by atoms with E-state index in [2.05, 4.69) is 11.6 Å². The Labute approximate surface area is 125 Å². The first-order valence-corrected chi connectivity index (χ1v) is 8.68. The van der Waals surface area contributed by atoms with Crippen LogP contribution in [0, 0.1) is 5.41 Å². The molecule has 0 radical (unpaired) electrons. The highest BCUT2D eigenvalue weighted by Crippen LogP contribution is 2.43. The van der Waals surface area contributed by atoms with E-state index >= 15 is 0 Å². The molecule has 0 bridgehead atoms. The number of benzene rings is 1. The molecule has 1 saturated carbocycles. The van der Waals surface area contributed by atoms with Crippen molar-refractivity contribution in [1.29, 1.82) is 0 Å². The molecule has 0 atom stereocenters. The summed E-state index contributed by atoms with van der Waals surface area (Å²) in [5, 5.41) is 0. The van der Waals surface area contributed by atoms with Crippen LogP contribution in [0.25, 0.3) is 0 Å². The van der Waals surface area contributed by atoms with E-state index in [9.17, 15) is 8.42 Å². The van der Waals surface area contributed by atoms with Crippen LogP contribution in [-0.2, 0) is 10.0 Å². The third-order valence-electron chi connectivity index (χ3n) is 4.24. The summed E-state index contributed by atoms with van der Waals surface area (Å²) in [6.07, 6.45) is 4.34. The maximum atomic E-state index is 12.4. The Morgan fingerprint density at radius 3 is 2.55 bits per heavy atom. The summed E-state index contributed by atoms with van der Waals surface area (Å²) in [6, 6.07) is 6.58. The van der Waals surface area contributed by atoms with Gasteiger partial charge in [0.15, 0.2) is 0 Å². The quantitative estimate of drug-likeness (QED) is 0.790. The van der Waals surface area contributed by atoms with Crippen LogP contribution in [-0.4, -0.2) is 20.0 Å². The second kappa shape index (κ2) is 5.79. The second-order valence-corrected chi connectivity index (χ2v) is 7.57. The maximum absolute atomic E-state index is 12.4. The Hall–Kier alpha value is -0.980. The van der Waals surface area contributed by atoms with Gasteiger partial charge in [-0.05, 0) is 30.7 Å². The van der Waals surface area contributed by atoms with Gasteiger partial charge in [0, 0.05) is 12.1 Å². The molecule has 0 unspecified atom stereocenters. The van der Waals surface area contributed by atoms with Crippen molar-refractivity contribution in [2.24, 2.45) is 11.1 Å². The van der Waals surface area contributed by atoms with Crippen molar-refractivity contribution in [2.75, 3.05) is 6.54 Å². The van der Waals surface area contributed by atoms with Crippen LogP contribution in [0.5, 0.6) is 0 Å². The second-order valence-electron chi connectivity index (χ2n) is 5.39. The highest BCUT2D eigenvalue weighted by molar-refractivity contribution is 7.89. The minimum absolute atomic E-state index is 0.0971. The van der Waals surface area contributed by atoms with Crippen LogP contribution < -0.4 is 10.5 Å². The SMILES string of the molecule is CCC1(CNS(=O)(=O)c2ccccc2C(N)=S)CCC1. The number of nitrogens with one attached hydrogen (secondary N) is 1. The van der Waals surface area contributed by atoms with Crippen molar-refractivity contribution in [3.8, 4) is 0 Å². The van der Waals surface area contributed by atoms with Gasteiger partial charge in [-0.2, -0.15) is 0 Å². The summed E-state index contributed by atoms with van der Waals surface area (Å²) in [6.45, 7) is 2.59. The van der Waals surface area contributed by atoms with Gasteiger partial charge in [0.05, 0.1) is 4.90 Å². The Balaban J connectivity index is 2.21. The largest absolute Gasteiger partial charge is 0.389 e. The van der Waals surface area contributed by atoms with E-state index in [4.69, 9.17) is 18.0 Å². The smallest absolute Gasteiger partial charge is 0.241 e. The van der Waals surface area contributed by atoms with Gasteiger partial charge >= 0.3 is 0 Å². The lowest BCUT2D eigenvalue weighted by atomic mass is 9.67. The van der Waals surface area contributed by atoms with Crippen LogP contribution in [0.4, 0.5) is 0 Å². The summed E-state index contributed by atoms with van der Waals surface area (Å²) in [5.41, 5.74) is 6.12. The van der Waals surface area contributed by atoms with Crippen LogP contribution in [0.1, 0.15) is 38.2 Å². The summed E-state index contributed by atoms with van der Waals surface area (Å²) < 4.78 is 27.6. The monoisotopic (exact) mass is 312 g/mol. The van der Waals surface area contributed by atoms with Gasteiger partial charge in [-0.1, -0.05) is 43.8 Å². The number of sulfonamides is 1. The lowest BCUT2D eigenvalue weighted by Crippen LogP contribution is -2.42. The molecule has 1 aromatic rings. The number of hydrogen-bond donors (Lipinski definition) is 2. The van der Waals surface area contributed by atoms with E-state index in [1.165, 1.54) is 12.5 Å². The molecule has 4 nitrogen and oxygen atoms in total. The van der Waals surface area contributed by atoms with Crippen molar-refractivity contribution < 1.29 is 8.42 Å². The Morgan fingerprint density at radius 1 is 1.40 bits per heavy atom. The van der Waals surface area contributed by atoms with Gasteiger partial charge in [-0.3, -0.25) is 0 Å². The molecule has 0 aliphatic heterocycles. The molecule has 110 valence electrons. The van der Waals surface area contributed by atoms with Crippen molar-refractivity contribution in [2.45, 2.75) is 37.5 Å². The molecular weight excluding hydrogens is 292 g/mol. The molecule has 1 fully saturated rings. The number of hydrogen-bond acceptors (Lipinski definition) is 3. The van der Waals surface area contributed by atoms with Gasteiger partial charge in [-0.25, -0.2) is 13.1 Å².